The summed E-state index contributed by atoms with van der Waals surface area (Å²) in [5.41, 5.74) is 1.04. The molecule has 38 heavy (non-hydrogen) atoms. The fraction of sp³-hybridized carbons (Fsp3) is 0.259. The lowest BCUT2D eigenvalue weighted by atomic mass is 9.90. The van der Waals surface area contributed by atoms with E-state index in [0.29, 0.717) is 12.8 Å². The van der Waals surface area contributed by atoms with Crippen molar-refractivity contribution in [2.45, 2.75) is 38.1 Å². The smallest absolute Gasteiger partial charge is 0.342 e. The van der Waals surface area contributed by atoms with Crippen LogP contribution >= 0.6 is 0 Å². The monoisotopic (exact) mass is 536 g/mol. The predicted octanol–water partition coefficient (Wildman–Crippen LogP) is 2.89. The second-order valence-electron chi connectivity index (χ2n) is 9.30. The molecule has 1 fully saturated rings. The van der Waals surface area contributed by atoms with Gasteiger partial charge < -0.3 is 10.2 Å². The Bertz CT molecular complexity index is 1670. The summed E-state index contributed by atoms with van der Waals surface area (Å²) in [6.45, 7) is 0. The first-order chi connectivity index (χ1) is 18.1. The maximum absolute atomic E-state index is 12.6. The molecule has 4 aromatic rings. The molecule has 1 aliphatic heterocycles. The number of benzene rings is 4. The zero-order valence-corrected chi connectivity index (χ0v) is 21.0. The third kappa shape index (κ3) is 5.15. The molecule has 0 bridgehead atoms. The Labute approximate surface area is 217 Å². The first-order valence-corrected chi connectivity index (χ1v) is 13.7. The lowest BCUT2D eigenvalue weighted by Gasteiger charge is -2.19. The number of carbonyl (C=O) groups is 4. The van der Waals surface area contributed by atoms with Crippen LogP contribution in [0, 0.1) is 0 Å². The SMILES string of the molecule is O=C(CCCc1ccc2ccc3cccc4ccc1c2c34)NC(CS(=O)(=O)O)C(=O)ON1C(=O)CCC1=O. The second-order valence-corrected chi connectivity index (χ2v) is 10.8. The van der Waals surface area contributed by atoms with E-state index in [-0.39, 0.29) is 24.3 Å². The molecule has 1 saturated heterocycles. The first kappa shape index (κ1) is 25.6. The molecule has 10 nitrogen and oxygen atoms in total. The highest BCUT2D eigenvalue weighted by atomic mass is 32.2. The summed E-state index contributed by atoms with van der Waals surface area (Å²) in [5, 5.41) is 9.32. The van der Waals surface area contributed by atoms with Gasteiger partial charge in [-0.25, -0.2) is 4.79 Å². The topological polar surface area (TPSA) is 147 Å². The van der Waals surface area contributed by atoms with Crippen LogP contribution in [0.4, 0.5) is 0 Å². The number of hydroxylamine groups is 2. The largest absolute Gasteiger partial charge is 0.356 e. The molecule has 4 aromatic carbocycles. The fourth-order valence-electron chi connectivity index (χ4n) is 4.91. The fourth-order valence-corrected chi connectivity index (χ4v) is 5.55. The molecule has 1 heterocycles. The van der Waals surface area contributed by atoms with E-state index in [4.69, 9.17) is 4.84 Å². The molecule has 196 valence electrons. The van der Waals surface area contributed by atoms with Gasteiger partial charge in [-0.05, 0) is 50.7 Å². The molecule has 3 amide bonds. The van der Waals surface area contributed by atoms with Gasteiger partial charge in [0.05, 0.1) is 0 Å². The zero-order chi connectivity index (χ0) is 27.0. The molecule has 2 N–H and O–H groups in total. The summed E-state index contributed by atoms with van der Waals surface area (Å²) in [7, 11) is -4.69. The van der Waals surface area contributed by atoms with E-state index >= 15 is 0 Å². The van der Waals surface area contributed by atoms with Crippen molar-refractivity contribution < 1.29 is 37.0 Å². The molecule has 1 atom stereocenters. The van der Waals surface area contributed by atoms with Crippen molar-refractivity contribution in [3.8, 4) is 0 Å². The van der Waals surface area contributed by atoms with Crippen molar-refractivity contribution in [3.63, 3.8) is 0 Å². The maximum atomic E-state index is 12.6. The van der Waals surface area contributed by atoms with E-state index < -0.39 is 45.6 Å². The number of hydrogen-bond donors (Lipinski definition) is 2. The first-order valence-electron chi connectivity index (χ1n) is 12.1. The van der Waals surface area contributed by atoms with E-state index in [2.05, 4.69) is 41.7 Å². The van der Waals surface area contributed by atoms with E-state index in [1.165, 1.54) is 5.39 Å². The van der Waals surface area contributed by atoms with Crippen LogP contribution in [0.25, 0.3) is 32.3 Å². The summed E-state index contributed by atoms with van der Waals surface area (Å²) in [5.74, 6) is -4.66. The lowest BCUT2D eigenvalue weighted by Crippen LogP contribution is -2.48. The molecule has 0 aliphatic carbocycles. The summed E-state index contributed by atoms with van der Waals surface area (Å²) < 4.78 is 32.0. The highest BCUT2D eigenvalue weighted by Gasteiger charge is 2.36. The third-order valence-corrected chi connectivity index (χ3v) is 7.41. The number of imide groups is 1. The van der Waals surface area contributed by atoms with Crippen LogP contribution in [-0.2, 0) is 40.6 Å². The molecule has 5 rings (SSSR count). The summed E-state index contributed by atoms with van der Waals surface area (Å²) in [6, 6.07) is 16.7. The van der Waals surface area contributed by atoms with Gasteiger partial charge in [-0.15, -0.1) is 5.06 Å². The van der Waals surface area contributed by atoms with Gasteiger partial charge in [-0.3, -0.25) is 18.9 Å². The number of rotatable bonds is 9. The number of nitrogens with one attached hydrogen (secondary N) is 1. The van der Waals surface area contributed by atoms with Gasteiger partial charge in [-0.1, -0.05) is 54.6 Å². The van der Waals surface area contributed by atoms with Crippen molar-refractivity contribution in [2.24, 2.45) is 0 Å². The quantitative estimate of drug-likeness (QED) is 0.189. The van der Waals surface area contributed by atoms with E-state index in [1.807, 2.05) is 18.2 Å². The molecule has 0 saturated carbocycles. The Kier molecular flexibility index (Phi) is 6.72. The average Bonchev–Trinajstić information content (AvgIpc) is 3.19. The number of hydrogen-bond acceptors (Lipinski definition) is 7. The summed E-state index contributed by atoms with van der Waals surface area (Å²) >= 11 is 0. The van der Waals surface area contributed by atoms with Gasteiger partial charge in [0.1, 0.15) is 11.8 Å². The Balaban J connectivity index is 1.27. The molecule has 1 aliphatic rings. The molecule has 0 aromatic heterocycles. The normalized spacial score (nSPS) is 15.0. The Morgan fingerprint density at radius 2 is 1.53 bits per heavy atom. The standard InChI is InChI=1S/C27H24N2O8S/c30-22(28-21(15-38(34,35)36)27(33)37-29-23(31)13-14-24(29)32)6-2-3-16-7-8-19-10-9-17-4-1-5-18-11-12-20(16)26(19)25(17)18/h1,4-5,7-12,21H,2-3,6,13-15H2,(H,28,30)(H,34,35,36). The molecular weight excluding hydrogens is 512 g/mol. The van der Waals surface area contributed by atoms with E-state index in [9.17, 15) is 32.1 Å². The predicted molar refractivity (Wildman–Crippen MR) is 139 cm³/mol. The number of carbonyl (C=O) groups excluding carboxylic acids is 4. The molecule has 1 unspecified atom stereocenters. The van der Waals surface area contributed by atoms with Crippen molar-refractivity contribution in [1.29, 1.82) is 0 Å². The molecule has 0 radical (unpaired) electrons. The lowest BCUT2D eigenvalue weighted by molar-refractivity contribution is -0.198. The second kappa shape index (κ2) is 9.99. The van der Waals surface area contributed by atoms with Crippen molar-refractivity contribution in [3.05, 3.63) is 60.2 Å². The van der Waals surface area contributed by atoms with Crippen molar-refractivity contribution in [2.75, 3.05) is 5.75 Å². The van der Waals surface area contributed by atoms with Crippen LogP contribution in [0.15, 0.2) is 54.6 Å². The third-order valence-electron chi connectivity index (χ3n) is 6.65. The van der Waals surface area contributed by atoms with Crippen molar-refractivity contribution in [1.82, 2.24) is 10.4 Å². The summed E-state index contributed by atoms with van der Waals surface area (Å²) in [4.78, 5) is 53.2. The Morgan fingerprint density at radius 1 is 0.921 bits per heavy atom. The summed E-state index contributed by atoms with van der Waals surface area (Å²) in [6.07, 6.45) is 0.603. The van der Waals surface area contributed by atoms with Gasteiger partial charge in [-0.2, -0.15) is 8.42 Å². The van der Waals surface area contributed by atoms with Gasteiger partial charge in [0.25, 0.3) is 21.9 Å². The van der Waals surface area contributed by atoms with Gasteiger partial charge >= 0.3 is 5.97 Å². The van der Waals surface area contributed by atoms with Gasteiger partial charge in [0, 0.05) is 19.3 Å². The molecule has 0 spiro atoms. The number of amides is 3. The van der Waals surface area contributed by atoms with Crippen molar-refractivity contribution >= 4 is 66.1 Å². The Hall–Kier alpha value is -4.09. The minimum absolute atomic E-state index is 0.0428. The molecule has 11 heteroatoms. The zero-order valence-electron chi connectivity index (χ0n) is 20.2. The number of aryl methyl sites for hydroxylation is 1. The average molecular weight is 537 g/mol. The minimum Gasteiger partial charge on any atom is -0.342 e. The van der Waals surface area contributed by atoms with Crippen LogP contribution in [0.3, 0.4) is 0 Å². The molecular formula is C27H24N2O8S. The van der Waals surface area contributed by atoms with Crippen LogP contribution in [0.1, 0.15) is 31.2 Å². The van der Waals surface area contributed by atoms with Crippen LogP contribution in [-0.4, -0.2) is 53.5 Å². The van der Waals surface area contributed by atoms with Crippen LogP contribution in [0.5, 0.6) is 0 Å². The van der Waals surface area contributed by atoms with E-state index in [0.717, 1.165) is 32.5 Å². The van der Waals surface area contributed by atoms with Crippen LogP contribution in [0.2, 0.25) is 0 Å². The van der Waals surface area contributed by atoms with Crippen LogP contribution < -0.4 is 5.32 Å². The highest BCUT2D eigenvalue weighted by molar-refractivity contribution is 7.85. The highest BCUT2D eigenvalue weighted by Crippen LogP contribution is 2.36. The number of nitrogens with zero attached hydrogens (tertiary/aromatic N) is 1. The Morgan fingerprint density at radius 3 is 2.18 bits per heavy atom. The minimum atomic E-state index is -4.69. The maximum Gasteiger partial charge on any atom is 0.356 e. The van der Waals surface area contributed by atoms with E-state index in [1.54, 1.807) is 0 Å². The van der Waals surface area contributed by atoms with Gasteiger partial charge in [0.15, 0.2) is 0 Å². The van der Waals surface area contributed by atoms with Gasteiger partial charge in [0.2, 0.25) is 5.91 Å².